The van der Waals surface area contributed by atoms with Crippen LogP contribution in [-0.2, 0) is 6.54 Å². The molecule has 1 fully saturated rings. The zero-order valence-electron chi connectivity index (χ0n) is 21.4. The van der Waals surface area contributed by atoms with E-state index in [9.17, 15) is 4.79 Å². The minimum atomic E-state index is 0.0352. The van der Waals surface area contributed by atoms with E-state index in [1.807, 2.05) is 6.92 Å². The average molecular weight is 510 g/mol. The minimum absolute atomic E-state index is 0.0352. The third kappa shape index (κ3) is 5.91. The van der Waals surface area contributed by atoms with Crippen LogP contribution in [0.4, 0.5) is 11.4 Å². The summed E-state index contributed by atoms with van der Waals surface area (Å²) in [5.41, 5.74) is 5.68. The summed E-state index contributed by atoms with van der Waals surface area (Å²) in [5, 5.41) is 7.68. The van der Waals surface area contributed by atoms with E-state index in [4.69, 9.17) is 11.6 Å². The van der Waals surface area contributed by atoms with Crippen molar-refractivity contribution in [1.29, 1.82) is 0 Å². The largest absolute Gasteiger partial charge is 0.383 e. The van der Waals surface area contributed by atoms with Crippen molar-refractivity contribution in [3.05, 3.63) is 69.6 Å². The summed E-state index contributed by atoms with van der Waals surface area (Å²) >= 11 is 8.20. The second kappa shape index (κ2) is 10.7. The molecule has 0 radical (unpaired) electrons. The van der Waals surface area contributed by atoms with Crippen molar-refractivity contribution < 1.29 is 4.79 Å². The smallest absolute Gasteiger partial charge is 0.171 e. The van der Waals surface area contributed by atoms with Crippen molar-refractivity contribution in [2.24, 2.45) is 0 Å². The van der Waals surface area contributed by atoms with Crippen molar-refractivity contribution in [3.63, 3.8) is 0 Å². The number of anilines is 2. The highest BCUT2D eigenvalue weighted by atomic mass is 35.5. The highest BCUT2D eigenvalue weighted by Crippen LogP contribution is 2.44. The number of aryl methyl sites for hydroxylation is 1. The fourth-order valence-corrected chi connectivity index (χ4v) is 6.56. The molecule has 2 aromatic carbocycles. The highest BCUT2D eigenvalue weighted by Gasteiger charge is 2.34. The van der Waals surface area contributed by atoms with Gasteiger partial charge in [-0.3, -0.25) is 9.69 Å². The number of thiophene rings is 1. The van der Waals surface area contributed by atoms with Crippen molar-refractivity contribution in [3.8, 4) is 10.4 Å². The number of likely N-dealkylation sites (tertiary alicyclic amines) is 1. The fourth-order valence-electron chi connectivity index (χ4n) is 5.06. The maximum absolute atomic E-state index is 12.2. The Balaban J connectivity index is 1.48. The molecule has 1 saturated heterocycles. The highest BCUT2D eigenvalue weighted by molar-refractivity contribution is 7.19. The summed E-state index contributed by atoms with van der Waals surface area (Å²) in [7, 11) is 0. The van der Waals surface area contributed by atoms with E-state index in [0.29, 0.717) is 15.9 Å². The molecule has 4 rings (SSSR count). The molecular formula is C29H36ClN3OS. The maximum atomic E-state index is 12.2. The maximum Gasteiger partial charge on any atom is 0.171 e. The molecule has 0 aliphatic carbocycles. The summed E-state index contributed by atoms with van der Waals surface area (Å²) in [5.74, 6) is 0.0352. The molecule has 1 aliphatic heterocycles. The van der Waals surface area contributed by atoms with Gasteiger partial charge in [0, 0.05) is 43.8 Å². The van der Waals surface area contributed by atoms with Crippen molar-refractivity contribution in [1.82, 2.24) is 4.90 Å². The monoisotopic (exact) mass is 509 g/mol. The topological polar surface area (TPSA) is 44.4 Å². The molecule has 2 N–H and O–H groups in total. The number of piperidine rings is 1. The number of ketones is 1. The first kappa shape index (κ1) is 25.7. The molecule has 6 heteroatoms. The van der Waals surface area contributed by atoms with Crippen LogP contribution in [-0.4, -0.2) is 35.4 Å². The number of carbonyl (C=O) groups excluding carboxylic acids is 1. The molecule has 0 bridgehead atoms. The van der Waals surface area contributed by atoms with Crippen LogP contribution in [0.1, 0.15) is 61.3 Å². The molecule has 35 heavy (non-hydrogen) atoms. The second-order valence-corrected chi connectivity index (χ2v) is 11.6. The molecule has 0 spiro atoms. The lowest BCUT2D eigenvalue weighted by Crippen LogP contribution is -2.52. The fraction of sp³-hybridized carbons (Fsp3) is 0.414. The van der Waals surface area contributed by atoms with Crippen LogP contribution in [0.2, 0.25) is 5.02 Å². The number of hydrogen-bond donors (Lipinski definition) is 2. The van der Waals surface area contributed by atoms with E-state index in [0.717, 1.165) is 54.3 Å². The Morgan fingerprint density at radius 1 is 1.20 bits per heavy atom. The number of nitrogens with zero attached hydrogens (tertiary/aromatic N) is 1. The summed E-state index contributed by atoms with van der Waals surface area (Å²) in [6.45, 7) is 13.2. The summed E-state index contributed by atoms with van der Waals surface area (Å²) < 4.78 is 0. The normalized spacial score (nSPS) is 17.8. The quantitative estimate of drug-likeness (QED) is 0.303. The third-order valence-electron chi connectivity index (χ3n) is 6.82. The van der Waals surface area contributed by atoms with E-state index in [1.165, 1.54) is 22.5 Å². The number of halogens is 1. The zero-order chi connectivity index (χ0) is 25.2. The van der Waals surface area contributed by atoms with Crippen molar-refractivity contribution >= 4 is 40.1 Å². The first-order chi connectivity index (χ1) is 16.7. The molecule has 1 atom stereocenters. The number of Topliss-reactive ketones (excluding diaryl/α,β-unsaturated/α-hetero) is 1. The van der Waals surface area contributed by atoms with Crippen molar-refractivity contribution in [2.75, 3.05) is 23.7 Å². The van der Waals surface area contributed by atoms with Crippen LogP contribution in [0.25, 0.3) is 10.4 Å². The first-order valence-electron chi connectivity index (χ1n) is 12.4. The van der Waals surface area contributed by atoms with Gasteiger partial charge in [-0.05, 0) is 63.8 Å². The molecule has 186 valence electrons. The number of rotatable bonds is 8. The number of carbonyl (C=O) groups is 1. The van der Waals surface area contributed by atoms with Gasteiger partial charge in [0.1, 0.15) is 0 Å². The van der Waals surface area contributed by atoms with Gasteiger partial charge in [0.2, 0.25) is 0 Å². The standard InChI is InChI=1S/C29H36ClN3OS/c1-6-31-26-25(30)28(35-27(26)20(3)34)22-11-8-12-23(16-22)32-24-13-14-33(29(4,5)17-24)18-21-10-7-9-19(2)15-21/h7-12,15-16,24,31-32H,6,13-14,17-18H2,1-5H3. The molecule has 2 heterocycles. The van der Waals surface area contributed by atoms with Gasteiger partial charge < -0.3 is 10.6 Å². The van der Waals surface area contributed by atoms with Gasteiger partial charge in [0.25, 0.3) is 0 Å². The average Bonchev–Trinajstić information content (AvgIpc) is 3.12. The summed E-state index contributed by atoms with van der Waals surface area (Å²) in [6, 6.07) is 17.6. The lowest BCUT2D eigenvalue weighted by molar-refractivity contribution is 0.0630. The molecule has 3 aromatic rings. The van der Waals surface area contributed by atoms with Crippen LogP contribution < -0.4 is 10.6 Å². The Labute approximate surface area is 218 Å². The molecule has 1 unspecified atom stereocenters. The van der Waals surface area contributed by atoms with Gasteiger partial charge in [-0.2, -0.15) is 0 Å². The summed E-state index contributed by atoms with van der Waals surface area (Å²) in [4.78, 5) is 16.4. The second-order valence-electron chi connectivity index (χ2n) is 10.2. The SMILES string of the molecule is CCNc1c(C(C)=O)sc(-c2cccc(NC3CCN(Cc4cccc(C)c4)C(C)(C)C3)c2)c1Cl. The zero-order valence-corrected chi connectivity index (χ0v) is 22.9. The predicted octanol–water partition coefficient (Wildman–Crippen LogP) is 7.87. The van der Waals surface area contributed by atoms with E-state index in [2.05, 4.69) is 84.8 Å². The van der Waals surface area contributed by atoms with E-state index in [-0.39, 0.29) is 11.3 Å². The van der Waals surface area contributed by atoms with Crippen LogP contribution in [0.3, 0.4) is 0 Å². The van der Waals surface area contributed by atoms with Crippen LogP contribution >= 0.6 is 22.9 Å². The van der Waals surface area contributed by atoms with Gasteiger partial charge >= 0.3 is 0 Å². The lowest BCUT2D eigenvalue weighted by Gasteiger charge is -2.46. The van der Waals surface area contributed by atoms with E-state index in [1.54, 1.807) is 6.92 Å². The van der Waals surface area contributed by atoms with E-state index < -0.39 is 0 Å². The summed E-state index contributed by atoms with van der Waals surface area (Å²) in [6.07, 6.45) is 2.17. The first-order valence-corrected chi connectivity index (χ1v) is 13.6. The molecule has 1 aliphatic rings. The molecule has 1 aromatic heterocycles. The van der Waals surface area contributed by atoms with Gasteiger partial charge in [-0.1, -0.05) is 53.6 Å². The molecule has 0 amide bonds. The lowest BCUT2D eigenvalue weighted by atomic mass is 9.86. The Hall–Kier alpha value is -2.34. The van der Waals surface area contributed by atoms with Gasteiger partial charge in [-0.15, -0.1) is 11.3 Å². The number of nitrogens with one attached hydrogen (secondary N) is 2. The minimum Gasteiger partial charge on any atom is -0.383 e. The third-order valence-corrected chi connectivity index (χ3v) is 8.65. The molecule has 4 nitrogen and oxygen atoms in total. The van der Waals surface area contributed by atoms with Crippen LogP contribution in [0.5, 0.6) is 0 Å². The Bertz CT molecular complexity index is 1200. The van der Waals surface area contributed by atoms with Crippen molar-refractivity contribution in [2.45, 2.75) is 65.6 Å². The Morgan fingerprint density at radius 3 is 2.66 bits per heavy atom. The van der Waals surface area contributed by atoms with Crippen LogP contribution in [0.15, 0.2) is 48.5 Å². The molecular weight excluding hydrogens is 474 g/mol. The Kier molecular flexibility index (Phi) is 7.89. The number of hydrogen-bond acceptors (Lipinski definition) is 5. The van der Waals surface area contributed by atoms with Gasteiger partial charge in [-0.25, -0.2) is 0 Å². The van der Waals surface area contributed by atoms with Gasteiger partial charge in [0.15, 0.2) is 5.78 Å². The van der Waals surface area contributed by atoms with E-state index >= 15 is 0 Å². The van der Waals surface area contributed by atoms with Gasteiger partial charge in [0.05, 0.1) is 20.5 Å². The molecule has 0 saturated carbocycles. The number of benzene rings is 2. The Morgan fingerprint density at radius 2 is 1.97 bits per heavy atom. The predicted molar refractivity (Wildman–Crippen MR) is 151 cm³/mol. The van der Waals surface area contributed by atoms with Crippen LogP contribution in [0, 0.1) is 6.92 Å².